The third kappa shape index (κ3) is 2.13. The molecule has 0 bridgehead atoms. The highest BCUT2D eigenvalue weighted by Gasteiger charge is 2.32. The molecule has 0 radical (unpaired) electrons. The topological polar surface area (TPSA) is 40.5 Å². The van der Waals surface area contributed by atoms with Crippen LogP contribution in [0.4, 0.5) is 0 Å². The summed E-state index contributed by atoms with van der Waals surface area (Å²) >= 11 is 1.74. The number of nitrogens with zero attached hydrogens (tertiary/aromatic N) is 1. The number of aryl methyl sites for hydroxylation is 1. The number of rotatable bonds is 3. The first-order chi connectivity index (χ1) is 7.61. The number of carbonyl (C=O) groups excluding carboxylic acids is 1. The molecule has 88 valence electrons. The molecule has 1 fully saturated rings. The van der Waals surface area contributed by atoms with Crippen LogP contribution in [-0.2, 0) is 4.79 Å². The summed E-state index contributed by atoms with van der Waals surface area (Å²) in [5.41, 5.74) is 0. The van der Waals surface area contributed by atoms with Gasteiger partial charge in [0.2, 0.25) is 5.91 Å². The van der Waals surface area contributed by atoms with Crippen LogP contribution in [0.2, 0.25) is 0 Å². The van der Waals surface area contributed by atoms with Gasteiger partial charge in [-0.25, -0.2) is 0 Å². The number of hydrogen-bond acceptors (Lipinski definition) is 3. The van der Waals surface area contributed by atoms with Gasteiger partial charge in [0.1, 0.15) is 0 Å². The van der Waals surface area contributed by atoms with Crippen molar-refractivity contribution in [2.45, 2.75) is 26.3 Å². The lowest BCUT2D eigenvalue weighted by molar-refractivity contribution is -0.129. The number of carbonyl (C=O) groups is 1. The molecular formula is C12H17NO2S. The first-order valence-corrected chi connectivity index (χ1v) is 6.40. The van der Waals surface area contributed by atoms with E-state index in [0.717, 1.165) is 0 Å². The Labute approximate surface area is 99.7 Å². The van der Waals surface area contributed by atoms with Gasteiger partial charge in [-0.15, -0.1) is 11.3 Å². The van der Waals surface area contributed by atoms with E-state index in [1.165, 1.54) is 9.75 Å². The second kappa shape index (κ2) is 4.55. The molecule has 2 atom stereocenters. The predicted molar refractivity (Wildman–Crippen MR) is 64.4 cm³/mol. The minimum Gasteiger partial charge on any atom is -0.396 e. The van der Waals surface area contributed by atoms with Crippen molar-refractivity contribution in [3.63, 3.8) is 0 Å². The van der Waals surface area contributed by atoms with Crippen LogP contribution < -0.4 is 0 Å². The first-order valence-electron chi connectivity index (χ1n) is 5.58. The predicted octanol–water partition coefficient (Wildman–Crippen LogP) is 1.96. The van der Waals surface area contributed by atoms with Crippen LogP contribution in [-0.4, -0.2) is 29.1 Å². The molecule has 1 aliphatic rings. The molecule has 1 aromatic heterocycles. The number of aliphatic hydroxyl groups is 1. The minimum atomic E-state index is 0.110. The maximum absolute atomic E-state index is 11.8. The van der Waals surface area contributed by atoms with Gasteiger partial charge in [-0.2, -0.15) is 0 Å². The van der Waals surface area contributed by atoms with E-state index < -0.39 is 0 Å². The van der Waals surface area contributed by atoms with Crippen molar-refractivity contribution in [1.82, 2.24) is 4.90 Å². The summed E-state index contributed by atoms with van der Waals surface area (Å²) in [7, 11) is 0. The Morgan fingerprint density at radius 3 is 2.88 bits per heavy atom. The molecule has 1 aliphatic heterocycles. The summed E-state index contributed by atoms with van der Waals surface area (Å²) in [5.74, 6) is 0.286. The van der Waals surface area contributed by atoms with E-state index in [1.54, 1.807) is 11.3 Å². The van der Waals surface area contributed by atoms with E-state index in [2.05, 4.69) is 26.0 Å². The van der Waals surface area contributed by atoms with Gasteiger partial charge in [0.05, 0.1) is 6.04 Å². The first kappa shape index (κ1) is 11.6. The zero-order valence-electron chi connectivity index (χ0n) is 9.64. The van der Waals surface area contributed by atoms with E-state index in [4.69, 9.17) is 5.11 Å². The fourth-order valence-electron chi connectivity index (χ4n) is 2.14. The Kier molecular flexibility index (Phi) is 3.30. The van der Waals surface area contributed by atoms with Crippen molar-refractivity contribution in [2.24, 2.45) is 5.92 Å². The molecule has 2 rings (SSSR count). The summed E-state index contributed by atoms with van der Waals surface area (Å²) < 4.78 is 0. The maximum Gasteiger partial charge on any atom is 0.223 e. The van der Waals surface area contributed by atoms with E-state index >= 15 is 0 Å². The van der Waals surface area contributed by atoms with Gasteiger partial charge in [0.15, 0.2) is 0 Å². The molecule has 2 unspecified atom stereocenters. The molecule has 1 N–H and O–H groups in total. The van der Waals surface area contributed by atoms with Crippen molar-refractivity contribution >= 4 is 17.2 Å². The van der Waals surface area contributed by atoms with Crippen LogP contribution >= 0.6 is 11.3 Å². The standard InChI is InChI=1S/C12H17NO2S/c1-8-3-4-11(16-8)9(2)13-6-10(7-14)5-12(13)15/h3-4,9-10,14H,5-7H2,1-2H3. The molecule has 4 heteroatoms. The van der Waals surface area contributed by atoms with Gasteiger partial charge in [-0.05, 0) is 26.0 Å². The second-order valence-corrected chi connectivity index (χ2v) is 5.74. The lowest BCUT2D eigenvalue weighted by Gasteiger charge is -2.23. The molecule has 2 heterocycles. The summed E-state index contributed by atoms with van der Waals surface area (Å²) in [5, 5.41) is 9.08. The lowest BCUT2D eigenvalue weighted by atomic mass is 10.1. The van der Waals surface area contributed by atoms with E-state index in [-0.39, 0.29) is 24.5 Å². The zero-order valence-corrected chi connectivity index (χ0v) is 10.5. The summed E-state index contributed by atoms with van der Waals surface area (Å²) in [6.07, 6.45) is 0.491. The zero-order chi connectivity index (χ0) is 11.7. The number of likely N-dealkylation sites (tertiary alicyclic amines) is 1. The Bertz CT molecular complexity index is 388. The quantitative estimate of drug-likeness (QED) is 0.876. The van der Waals surface area contributed by atoms with Gasteiger partial charge in [-0.1, -0.05) is 0 Å². The third-order valence-corrected chi connectivity index (χ3v) is 4.31. The van der Waals surface area contributed by atoms with Crippen LogP contribution in [0.3, 0.4) is 0 Å². The van der Waals surface area contributed by atoms with Crippen molar-refractivity contribution in [1.29, 1.82) is 0 Å². The molecule has 0 saturated carbocycles. The van der Waals surface area contributed by atoms with Crippen molar-refractivity contribution in [2.75, 3.05) is 13.2 Å². The van der Waals surface area contributed by atoms with Gasteiger partial charge >= 0.3 is 0 Å². The molecule has 1 saturated heterocycles. The number of amides is 1. The molecular weight excluding hydrogens is 222 g/mol. The number of aliphatic hydroxyl groups excluding tert-OH is 1. The molecule has 1 amide bonds. The molecule has 1 aromatic rings. The van der Waals surface area contributed by atoms with Gasteiger partial charge < -0.3 is 10.0 Å². The monoisotopic (exact) mass is 239 g/mol. The average molecular weight is 239 g/mol. The van der Waals surface area contributed by atoms with Crippen molar-refractivity contribution in [3.8, 4) is 0 Å². The van der Waals surface area contributed by atoms with Crippen LogP contribution in [0.5, 0.6) is 0 Å². The Hall–Kier alpha value is -0.870. The molecule has 0 spiro atoms. The van der Waals surface area contributed by atoms with Gasteiger partial charge in [0.25, 0.3) is 0 Å². The smallest absolute Gasteiger partial charge is 0.223 e. The van der Waals surface area contributed by atoms with Gasteiger partial charge in [-0.3, -0.25) is 4.79 Å². The molecule has 16 heavy (non-hydrogen) atoms. The Balaban J connectivity index is 2.10. The highest BCUT2D eigenvalue weighted by Crippen LogP contribution is 2.31. The summed E-state index contributed by atoms with van der Waals surface area (Å²) in [6.45, 7) is 4.93. The van der Waals surface area contributed by atoms with Crippen LogP contribution in [0.25, 0.3) is 0 Å². The van der Waals surface area contributed by atoms with E-state index in [1.807, 2.05) is 4.90 Å². The minimum absolute atomic E-state index is 0.110. The largest absolute Gasteiger partial charge is 0.396 e. The van der Waals surface area contributed by atoms with Crippen molar-refractivity contribution < 1.29 is 9.90 Å². The normalized spacial score (nSPS) is 22.8. The van der Waals surface area contributed by atoms with Crippen LogP contribution in [0, 0.1) is 12.8 Å². The number of hydrogen-bond donors (Lipinski definition) is 1. The molecule has 0 aliphatic carbocycles. The summed E-state index contributed by atoms with van der Waals surface area (Å²) in [4.78, 5) is 16.2. The summed E-state index contributed by atoms with van der Waals surface area (Å²) in [6, 6.07) is 4.31. The lowest BCUT2D eigenvalue weighted by Crippen LogP contribution is -2.28. The van der Waals surface area contributed by atoms with Crippen LogP contribution in [0.1, 0.15) is 29.1 Å². The molecule has 0 aromatic carbocycles. The second-order valence-electron chi connectivity index (χ2n) is 4.42. The number of thiophene rings is 1. The van der Waals surface area contributed by atoms with Gasteiger partial charge in [0, 0.05) is 35.2 Å². The van der Waals surface area contributed by atoms with Crippen molar-refractivity contribution in [3.05, 3.63) is 21.9 Å². The van der Waals surface area contributed by atoms with E-state index in [0.29, 0.717) is 13.0 Å². The highest BCUT2D eigenvalue weighted by atomic mass is 32.1. The van der Waals surface area contributed by atoms with E-state index in [9.17, 15) is 4.79 Å². The van der Waals surface area contributed by atoms with Crippen LogP contribution in [0.15, 0.2) is 12.1 Å². The SMILES string of the molecule is Cc1ccc(C(C)N2CC(CO)CC2=O)s1. The maximum atomic E-state index is 11.8. The third-order valence-electron chi connectivity index (χ3n) is 3.14. The molecule has 3 nitrogen and oxygen atoms in total. The fraction of sp³-hybridized carbons (Fsp3) is 0.583. The highest BCUT2D eigenvalue weighted by molar-refractivity contribution is 7.12. The Morgan fingerprint density at radius 1 is 1.62 bits per heavy atom. The fourth-order valence-corrected chi connectivity index (χ4v) is 3.08. The Morgan fingerprint density at radius 2 is 2.38 bits per heavy atom. The average Bonchev–Trinajstić information content (AvgIpc) is 2.83.